The van der Waals surface area contributed by atoms with Crippen molar-refractivity contribution in [3.05, 3.63) is 64.7 Å². The smallest absolute Gasteiger partial charge is 0.127 e. The Kier molecular flexibility index (Phi) is 2.98. The molecule has 0 saturated carbocycles. The number of benzene rings is 2. The third-order valence-electron chi connectivity index (χ3n) is 3.21. The van der Waals surface area contributed by atoms with Gasteiger partial charge in [-0.15, -0.1) is 0 Å². The molecule has 2 atom stereocenters. The van der Waals surface area contributed by atoms with Crippen LogP contribution in [0.1, 0.15) is 29.8 Å². The Labute approximate surface area is 111 Å². The molecular weight excluding hydrogens is 248 g/mol. The molecule has 0 spiro atoms. The number of hydrogen-bond acceptors (Lipinski definition) is 2. The lowest BCUT2D eigenvalue weighted by Gasteiger charge is -2.29. The Morgan fingerprint density at radius 2 is 1.94 bits per heavy atom. The van der Waals surface area contributed by atoms with Crippen molar-refractivity contribution in [3.63, 3.8) is 0 Å². The summed E-state index contributed by atoms with van der Waals surface area (Å²) in [5, 5.41) is 10.8. The molecule has 1 aliphatic rings. The number of rotatable bonds is 1. The summed E-state index contributed by atoms with van der Waals surface area (Å²) in [6.07, 6.45) is -0.0790. The molecule has 92 valence electrons. The number of halogens is 1. The molecule has 0 amide bonds. The van der Waals surface area contributed by atoms with Gasteiger partial charge in [-0.3, -0.25) is 0 Å². The fourth-order valence-corrected chi connectivity index (χ4v) is 2.50. The average molecular weight is 261 g/mol. The number of fused-ring (bicyclic) bond motifs is 1. The van der Waals surface area contributed by atoms with E-state index >= 15 is 0 Å². The van der Waals surface area contributed by atoms with Crippen LogP contribution in [0.25, 0.3) is 0 Å². The highest BCUT2D eigenvalue weighted by molar-refractivity contribution is 6.30. The van der Waals surface area contributed by atoms with Crippen LogP contribution in [-0.4, -0.2) is 5.11 Å². The van der Waals surface area contributed by atoms with Crippen LogP contribution in [-0.2, 0) is 0 Å². The molecule has 18 heavy (non-hydrogen) atoms. The van der Waals surface area contributed by atoms with Crippen molar-refractivity contribution in [1.82, 2.24) is 0 Å². The Morgan fingerprint density at radius 3 is 2.78 bits per heavy atom. The lowest BCUT2D eigenvalue weighted by atomic mass is 9.95. The highest BCUT2D eigenvalue weighted by atomic mass is 35.5. The molecule has 2 unspecified atom stereocenters. The van der Waals surface area contributed by atoms with E-state index in [4.69, 9.17) is 16.3 Å². The third kappa shape index (κ3) is 2.09. The number of ether oxygens (including phenoxy) is 1. The van der Waals surface area contributed by atoms with E-state index in [9.17, 15) is 5.11 Å². The van der Waals surface area contributed by atoms with Crippen molar-refractivity contribution >= 4 is 11.6 Å². The molecule has 0 bridgehead atoms. The summed E-state index contributed by atoms with van der Waals surface area (Å²) in [6.45, 7) is 0. The highest BCUT2D eigenvalue weighted by Crippen LogP contribution is 2.40. The van der Waals surface area contributed by atoms with E-state index in [0.717, 1.165) is 16.9 Å². The maximum Gasteiger partial charge on any atom is 0.127 e. The van der Waals surface area contributed by atoms with Crippen LogP contribution < -0.4 is 4.74 Å². The molecule has 1 heterocycles. The van der Waals surface area contributed by atoms with Gasteiger partial charge in [0, 0.05) is 17.0 Å². The normalized spacial score (nSPS) is 22.1. The molecule has 2 nitrogen and oxygen atoms in total. The second-order valence-corrected chi connectivity index (χ2v) is 4.89. The molecule has 3 rings (SSSR count). The van der Waals surface area contributed by atoms with Crippen LogP contribution in [0.2, 0.25) is 5.02 Å². The van der Waals surface area contributed by atoms with E-state index in [1.807, 2.05) is 48.5 Å². The Hall–Kier alpha value is -1.51. The molecule has 1 aliphatic heterocycles. The molecule has 0 radical (unpaired) electrons. The minimum absolute atomic E-state index is 0.145. The first kappa shape index (κ1) is 11.6. The molecule has 2 aromatic carbocycles. The molecule has 2 aromatic rings. The Morgan fingerprint density at radius 1 is 1.11 bits per heavy atom. The van der Waals surface area contributed by atoms with Gasteiger partial charge in [-0.2, -0.15) is 0 Å². The minimum Gasteiger partial charge on any atom is -0.485 e. The predicted molar refractivity (Wildman–Crippen MR) is 70.8 cm³/mol. The van der Waals surface area contributed by atoms with Crippen LogP contribution in [0.15, 0.2) is 48.5 Å². The predicted octanol–water partition coefficient (Wildman–Crippen LogP) is 3.90. The van der Waals surface area contributed by atoms with Gasteiger partial charge in [-0.05, 0) is 23.8 Å². The van der Waals surface area contributed by atoms with Crippen LogP contribution >= 0.6 is 11.6 Å². The monoisotopic (exact) mass is 260 g/mol. The van der Waals surface area contributed by atoms with Crippen molar-refractivity contribution in [3.8, 4) is 5.75 Å². The van der Waals surface area contributed by atoms with E-state index in [2.05, 4.69) is 0 Å². The Bertz CT molecular complexity index is 568. The van der Waals surface area contributed by atoms with Crippen molar-refractivity contribution < 1.29 is 9.84 Å². The quantitative estimate of drug-likeness (QED) is 0.843. The third-order valence-corrected chi connectivity index (χ3v) is 3.44. The van der Waals surface area contributed by atoms with Crippen LogP contribution in [0.4, 0.5) is 0 Å². The summed E-state index contributed by atoms with van der Waals surface area (Å²) in [4.78, 5) is 0. The van der Waals surface area contributed by atoms with Crippen LogP contribution in [0, 0.1) is 0 Å². The molecule has 0 fully saturated rings. The van der Waals surface area contributed by atoms with E-state index in [1.54, 1.807) is 0 Å². The maximum absolute atomic E-state index is 10.1. The fourth-order valence-electron chi connectivity index (χ4n) is 2.31. The number of hydrogen-bond donors (Lipinski definition) is 1. The van der Waals surface area contributed by atoms with Gasteiger partial charge in [0.1, 0.15) is 11.9 Å². The standard InChI is InChI=1S/C15H13ClO2/c16-11-5-3-4-10(8-11)15-9-13(17)12-6-1-2-7-14(12)18-15/h1-8,13,15,17H,9H2. The van der Waals surface area contributed by atoms with Gasteiger partial charge in [-0.25, -0.2) is 0 Å². The van der Waals surface area contributed by atoms with Gasteiger partial charge >= 0.3 is 0 Å². The van der Waals surface area contributed by atoms with Crippen molar-refractivity contribution in [2.75, 3.05) is 0 Å². The van der Waals surface area contributed by atoms with E-state index in [0.29, 0.717) is 11.4 Å². The van der Waals surface area contributed by atoms with Crippen LogP contribution in [0.3, 0.4) is 0 Å². The number of aliphatic hydroxyl groups is 1. The van der Waals surface area contributed by atoms with E-state index < -0.39 is 6.10 Å². The SMILES string of the molecule is OC1CC(c2cccc(Cl)c2)Oc2ccccc21. The molecule has 0 aliphatic carbocycles. The Balaban J connectivity index is 1.94. The summed E-state index contributed by atoms with van der Waals surface area (Å²) < 4.78 is 5.92. The number of para-hydroxylation sites is 1. The van der Waals surface area contributed by atoms with Crippen molar-refractivity contribution in [2.45, 2.75) is 18.6 Å². The summed E-state index contributed by atoms with van der Waals surface area (Å²) in [5.74, 6) is 0.751. The summed E-state index contributed by atoms with van der Waals surface area (Å²) in [6, 6.07) is 15.2. The van der Waals surface area contributed by atoms with Gasteiger partial charge in [0.2, 0.25) is 0 Å². The van der Waals surface area contributed by atoms with Gasteiger partial charge < -0.3 is 9.84 Å². The zero-order valence-corrected chi connectivity index (χ0v) is 10.5. The van der Waals surface area contributed by atoms with Crippen molar-refractivity contribution in [2.24, 2.45) is 0 Å². The lowest BCUT2D eigenvalue weighted by molar-refractivity contribution is 0.0657. The van der Waals surface area contributed by atoms with Crippen LogP contribution in [0.5, 0.6) is 5.75 Å². The van der Waals surface area contributed by atoms with E-state index in [-0.39, 0.29) is 6.10 Å². The zero-order chi connectivity index (χ0) is 12.5. The first-order chi connectivity index (χ1) is 8.74. The van der Waals surface area contributed by atoms with Gasteiger partial charge in [0.25, 0.3) is 0 Å². The second-order valence-electron chi connectivity index (χ2n) is 4.45. The topological polar surface area (TPSA) is 29.5 Å². The first-order valence-corrected chi connectivity index (χ1v) is 6.31. The van der Waals surface area contributed by atoms with E-state index in [1.165, 1.54) is 0 Å². The van der Waals surface area contributed by atoms with Crippen molar-refractivity contribution in [1.29, 1.82) is 0 Å². The minimum atomic E-state index is -0.487. The first-order valence-electron chi connectivity index (χ1n) is 5.93. The molecular formula is C15H13ClO2. The lowest BCUT2D eigenvalue weighted by Crippen LogP contribution is -2.18. The summed E-state index contributed by atoms with van der Waals surface area (Å²) in [5.41, 5.74) is 1.85. The van der Waals surface area contributed by atoms with Gasteiger partial charge in [0.15, 0.2) is 0 Å². The molecule has 1 N–H and O–H groups in total. The molecule has 3 heteroatoms. The molecule has 0 aromatic heterocycles. The second kappa shape index (κ2) is 4.63. The van der Waals surface area contributed by atoms with Gasteiger partial charge in [-0.1, -0.05) is 41.9 Å². The highest BCUT2D eigenvalue weighted by Gasteiger charge is 2.27. The average Bonchev–Trinajstić information content (AvgIpc) is 2.39. The summed E-state index contributed by atoms with van der Waals surface area (Å²) in [7, 11) is 0. The fraction of sp³-hybridized carbons (Fsp3) is 0.200. The zero-order valence-electron chi connectivity index (χ0n) is 9.71. The summed E-state index contributed by atoms with van der Waals surface area (Å²) >= 11 is 5.98. The molecule has 0 saturated heterocycles. The number of aliphatic hydroxyl groups excluding tert-OH is 1. The van der Waals surface area contributed by atoms with Gasteiger partial charge in [0.05, 0.1) is 6.10 Å². The largest absolute Gasteiger partial charge is 0.485 e. The maximum atomic E-state index is 10.1.